The lowest BCUT2D eigenvalue weighted by Crippen LogP contribution is -2.26. The van der Waals surface area contributed by atoms with Crippen LogP contribution < -0.4 is 10.6 Å². The molecule has 0 aromatic rings. The first-order valence-electron chi connectivity index (χ1n) is 14.5. The Labute approximate surface area is 223 Å². The molecule has 0 aliphatic rings. The summed E-state index contributed by atoms with van der Waals surface area (Å²) in [7, 11) is 0. The van der Waals surface area contributed by atoms with E-state index in [1.54, 1.807) is 0 Å². The maximum Gasteiger partial charge on any atom is 0.256 e. The average molecular weight is 517 g/mol. The lowest BCUT2D eigenvalue weighted by atomic mass is 10.1. The smallest absolute Gasteiger partial charge is 0.256 e. The van der Waals surface area contributed by atoms with E-state index in [4.69, 9.17) is 33.9 Å². The van der Waals surface area contributed by atoms with Gasteiger partial charge in [0, 0.05) is 13.1 Å². The molecule has 6 heteroatoms. The maximum atomic E-state index is 5.61. The lowest BCUT2D eigenvalue weighted by molar-refractivity contribution is 0.285. The summed E-state index contributed by atoms with van der Waals surface area (Å²) in [5.74, 6) is 0. The van der Waals surface area contributed by atoms with Gasteiger partial charge in [-0.2, -0.15) is 0 Å². The molecule has 0 aliphatic carbocycles. The van der Waals surface area contributed by atoms with Gasteiger partial charge in [-0.3, -0.25) is 0 Å². The minimum absolute atomic E-state index is 0.559. The summed E-state index contributed by atoms with van der Waals surface area (Å²) in [4.78, 5) is 0. The second-order valence-corrected chi connectivity index (χ2v) is 10.2. The molecular weight excluding hydrogens is 460 g/mol. The highest BCUT2D eigenvalue weighted by molar-refractivity contribution is 7.80. The largest absolute Gasteiger partial charge is 0.471 e. The third kappa shape index (κ3) is 27.6. The fourth-order valence-corrected chi connectivity index (χ4v) is 4.26. The van der Waals surface area contributed by atoms with Crippen molar-refractivity contribution in [3.05, 3.63) is 0 Å². The number of nitrogens with one attached hydrogen (secondary N) is 2. The Kier molecular flexibility index (Phi) is 28.1. The van der Waals surface area contributed by atoms with E-state index in [0.29, 0.717) is 10.3 Å². The van der Waals surface area contributed by atoms with Crippen LogP contribution >= 0.6 is 24.4 Å². The Morgan fingerprint density at radius 2 is 0.735 bits per heavy atom. The third-order valence-electron chi connectivity index (χ3n) is 6.10. The van der Waals surface area contributed by atoms with Crippen molar-refractivity contribution in [3.8, 4) is 0 Å². The molecule has 0 amide bonds. The zero-order chi connectivity index (χ0) is 25.0. The van der Waals surface area contributed by atoms with Crippen molar-refractivity contribution in [3.63, 3.8) is 0 Å². The molecule has 0 aromatic carbocycles. The van der Waals surface area contributed by atoms with E-state index in [1.165, 1.54) is 103 Å². The fourth-order valence-electron chi connectivity index (χ4n) is 3.89. The highest BCUT2D eigenvalue weighted by Crippen LogP contribution is 2.09. The number of hydrogen-bond donors (Lipinski definition) is 2. The van der Waals surface area contributed by atoms with Gasteiger partial charge in [-0.1, -0.05) is 117 Å². The number of rotatable bonds is 25. The molecule has 4 nitrogen and oxygen atoms in total. The summed E-state index contributed by atoms with van der Waals surface area (Å²) in [6.07, 6.45) is 25.6. The van der Waals surface area contributed by atoms with Crippen LogP contribution in [0.2, 0.25) is 0 Å². The van der Waals surface area contributed by atoms with Gasteiger partial charge in [-0.05, 0) is 50.1 Å². The molecule has 0 aromatic heterocycles. The highest BCUT2D eigenvalue weighted by Gasteiger charge is 1.99. The van der Waals surface area contributed by atoms with Crippen LogP contribution in [0, 0.1) is 0 Å². The Morgan fingerprint density at radius 3 is 1.09 bits per heavy atom. The molecule has 0 saturated carbocycles. The number of thiocarbonyl (C=S) groups is 2. The van der Waals surface area contributed by atoms with Crippen molar-refractivity contribution in [1.82, 2.24) is 10.6 Å². The minimum Gasteiger partial charge on any atom is -0.471 e. The van der Waals surface area contributed by atoms with Gasteiger partial charge in [0.05, 0.1) is 13.2 Å². The molecule has 0 rings (SSSR count). The van der Waals surface area contributed by atoms with Gasteiger partial charge in [-0.25, -0.2) is 0 Å². The first-order chi connectivity index (χ1) is 16.7. The average Bonchev–Trinajstić information content (AvgIpc) is 2.83. The predicted octanol–water partition coefficient (Wildman–Crippen LogP) is 8.61. The van der Waals surface area contributed by atoms with Gasteiger partial charge in [0.15, 0.2) is 0 Å². The topological polar surface area (TPSA) is 42.5 Å². The summed E-state index contributed by atoms with van der Waals surface area (Å²) in [5, 5.41) is 7.56. The van der Waals surface area contributed by atoms with E-state index < -0.39 is 0 Å². The lowest BCUT2D eigenvalue weighted by Gasteiger charge is -2.11. The van der Waals surface area contributed by atoms with Crippen molar-refractivity contribution in [2.24, 2.45) is 0 Å². The van der Waals surface area contributed by atoms with E-state index in [0.717, 1.165) is 52.0 Å². The van der Waals surface area contributed by atoms with E-state index >= 15 is 0 Å². The van der Waals surface area contributed by atoms with E-state index in [9.17, 15) is 0 Å². The SMILES string of the molecule is CCCCCCCCCCOC(=S)NCCCCCCNC(=S)OCCCCCCCCCC. The number of unbranched alkanes of at least 4 members (excludes halogenated alkanes) is 17. The van der Waals surface area contributed by atoms with Crippen LogP contribution in [-0.2, 0) is 9.47 Å². The van der Waals surface area contributed by atoms with Crippen LogP contribution in [0.1, 0.15) is 142 Å². The van der Waals surface area contributed by atoms with Crippen molar-refractivity contribution >= 4 is 34.8 Å². The van der Waals surface area contributed by atoms with Crippen LogP contribution in [0.5, 0.6) is 0 Å². The summed E-state index contributed by atoms with van der Waals surface area (Å²) in [6, 6.07) is 0. The van der Waals surface area contributed by atoms with Crippen LogP contribution in [-0.4, -0.2) is 36.7 Å². The van der Waals surface area contributed by atoms with E-state index in [1.807, 2.05) is 0 Å². The van der Waals surface area contributed by atoms with Gasteiger partial charge in [-0.15, -0.1) is 0 Å². The molecule has 0 radical (unpaired) electrons. The first-order valence-corrected chi connectivity index (χ1v) is 15.3. The molecule has 0 spiro atoms. The summed E-state index contributed by atoms with van der Waals surface area (Å²) in [6.45, 7) is 7.80. The molecular formula is C28H56N2O2S2. The monoisotopic (exact) mass is 516 g/mol. The molecule has 2 N–H and O–H groups in total. The first kappa shape index (κ1) is 33.4. The second-order valence-electron chi connectivity index (χ2n) is 9.49. The fraction of sp³-hybridized carbons (Fsp3) is 0.929. The Balaban J connectivity index is 3.25. The maximum absolute atomic E-state index is 5.61. The standard InChI is InChI=1S/C28H56N2O2S2/c1-3-5-7-9-11-13-17-21-25-31-27(33)29-23-19-15-16-20-24-30-28(34)32-26-22-18-14-12-10-8-6-4-2/h3-26H2,1-2H3,(H,29,33)(H,30,34). The Hall–Kier alpha value is -0.620. The van der Waals surface area contributed by atoms with Gasteiger partial charge < -0.3 is 20.1 Å². The van der Waals surface area contributed by atoms with Crippen LogP contribution in [0.15, 0.2) is 0 Å². The number of hydrogen-bond acceptors (Lipinski definition) is 4. The predicted molar refractivity (Wildman–Crippen MR) is 157 cm³/mol. The molecule has 0 saturated heterocycles. The Morgan fingerprint density at radius 1 is 0.441 bits per heavy atom. The molecule has 0 atom stereocenters. The van der Waals surface area contributed by atoms with Crippen molar-refractivity contribution in [2.75, 3.05) is 26.3 Å². The number of ether oxygens (including phenoxy) is 2. The molecule has 0 bridgehead atoms. The van der Waals surface area contributed by atoms with Crippen molar-refractivity contribution in [1.29, 1.82) is 0 Å². The van der Waals surface area contributed by atoms with E-state index in [2.05, 4.69) is 24.5 Å². The van der Waals surface area contributed by atoms with Gasteiger partial charge in [0.25, 0.3) is 10.3 Å². The van der Waals surface area contributed by atoms with Gasteiger partial charge >= 0.3 is 0 Å². The van der Waals surface area contributed by atoms with Crippen molar-refractivity contribution in [2.45, 2.75) is 142 Å². The summed E-state index contributed by atoms with van der Waals surface area (Å²) in [5.41, 5.74) is 0. The summed E-state index contributed by atoms with van der Waals surface area (Å²) < 4.78 is 11.2. The van der Waals surface area contributed by atoms with Crippen molar-refractivity contribution < 1.29 is 9.47 Å². The zero-order valence-electron chi connectivity index (χ0n) is 22.6. The van der Waals surface area contributed by atoms with Gasteiger partial charge in [0.2, 0.25) is 0 Å². The molecule has 0 aliphatic heterocycles. The molecule has 0 unspecified atom stereocenters. The second kappa shape index (κ2) is 28.6. The molecule has 0 heterocycles. The van der Waals surface area contributed by atoms with E-state index in [-0.39, 0.29) is 0 Å². The quantitative estimate of drug-likeness (QED) is 0.0935. The van der Waals surface area contributed by atoms with Crippen LogP contribution in [0.4, 0.5) is 0 Å². The Bertz CT molecular complexity index is 410. The highest BCUT2D eigenvalue weighted by atomic mass is 32.1. The minimum atomic E-state index is 0.559. The molecule has 0 fully saturated rings. The van der Waals surface area contributed by atoms with Crippen LogP contribution in [0.25, 0.3) is 0 Å². The van der Waals surface area contributed by atoms with Crippen LogP contribution in [0.3, 0.4) is 0 Å². The normalized spacial score (nSPS) is 10.8. The zero-order valence-corrected chi connectivity index (χ0v) is 24.2. The van der Waals surface area contributed by atoms with Gasteiger partial charge in [0.1, 0.15) is 0 Å². The summed E-state index contributed by atoms with van der Waals surface area (Å²) >= 11 is 10.5. The molecule has 34 heavy (non-hydrogen) atoms. The molecule has 202 valence electrons. The third-order valence-corrected chi connectivity index (χ3v) is 6.63.